The number of carbonyl (C=O) groups excluding carboxylic acids is 1. The number of nitrogens with zero attached hydrogens (tertiary/aromatic N) is 4. The number of benzene rings is 1. The van der Waals surface area contributed by atoms with Crippen LogP contribution in [-0.2, 0) is 4.79 Å². The van der Waals surface area contributed by atoms with Gasteiger partial charge in [-0.05, 0) is 48.4 Å². The zero-order valence-corrected chi connectivity index (χ0v) is 18.1. The van der Waals surface area contributed by atoms with Crippen molar-refractivity contribution in [3.63, 3.8) is 0 Å². The number of amides is 1. The molecule has 1 aromatic carbocycles. The number of pyridine rings is 1. The molecule has 1 saturated heterocycles. The highest BCUT2D eigenvalue weighted by molar-refractivity contribution is 6.33. The quantitative estimate of drug-likeness (QED) is 0.389. The molecule has 0 aliphatic carbocycles. The number of fused-ring (bicyclic) bond motifs is 1. The molecule has 0 N–H and O–H groups in total. The van der Waals surface area contributed by atoms with Crippen LogP contribution in [0.4, 0.5) is 0 Å². The molecule has 1 fully saturated rings. The minimum Gasteiger partial charge on any atom is -0.439 e. The SMILES string of the molecule is C=CC(=O)N1CCC(c2cc(-c3ccc(Oc4ccccn4)cc3Cl)n3cnccc23)C1. The second-order valence-electron chi connectivity index (χ2n) is 7.71. The van der Waals surface area contributed by atoms with Crippen LogP contribution < -0.4 is 4.74 Å². The van der Waals surface area contributed by atoms with Gasteiger partial charge in [0.1, 0.15) is 5.75 Å². The van der Waals surface area contributed by atoms with Crippen molar-refractivity contribution in [3.05, 3.63) is 90.5 Å². The fourth-order valence-electron chi connectivity index (χ4n) is 4.25. The summed E-state index contributed by atoms with van der Waals surface area (Å²) in [4.78, 5) is 22.4. The van der Waals surface area contributed by atoms with E-state index in [0.717, 1.165) is 29.7 Å². The fourth-order valence-corrected chi connectivity index (χ4v) is 4.52. The number of halogens is 1. The van der Waals surface area contributed by atoms with Gasteiger partial charge in [-0.1, -0.05) is 24.2 Å². The first kappa shape index (κ1) is 20.3. The molecule has 4 heterocycles. The molecule has 1 aliphatic heterocycles. The molecular weight excluding hydrogens is 424 g/mol. The van der Waals surface area contributed by atoms with E-state index in [-0.39, 0.29) is 11.8 Å². The third-order valence-electron chi connectivity index (χ3n) is 5.80. The molecule has 0 spiro atoms. The summed E-state index contributed by atoms with van der Waals surface area (Å²) in [5, 5.41) is 0.572. The van der Waals surface area contributed by atoms with Crippen LogP contribution in [0.2, 0.25) is 5.02 Å². The molecule has 6 nitrogen and oxygen atoms in total. The van der Waals surface area contributed by atoms with Crippen LogP contribution in [0.25, 0.3) is 16.8 Å². The predicted molar refractivity (Wildman–Crippen MR) is 124 cm³/mol. The summed E-state index contributed by atoms with van der Waals surface area (Å²) in [6, 6.07) is 15.3. The van der Waals surface area contributed by atoms with Gasteiger partial charge >= 0.3 is 0 Å². The Bertz CT molecular complexity index is 1300. The van der Waals surface area contributed by atoms with Crippen molar-refractivity contribution < 1.29 is 9.53 Å². The molecule has 1 aliphatic rings. The Morgan fingerprint density at radius 3 is 2.88 bits per heavy atom. The Hall–Kier alpha value is -3.64. The van der Waals surface area contributed by atoms with Crippen molar-refractivity contribution in [1.29, 1.82) is 0 Å². The topological polar surface area (TPSA) is 59.7 Å². The highest BCUT2D eigenvalue weighted by Gasteiger charge is 2.29. The lowest BCUT2D eigenvalue weighted by Crippen LogP contribution is -2.26. The van der Waals surface area contributed by atoms with Crippen LogP contribution in [0.5, 0.6) is 11.6 Å². The predicted octanol–water partition coefficient (Wildman–Crippen LogP) is 5.34. The van der Waals surface area contributed by atoms with Crippen molar-refractivity contribution in [2.24, 2.45) is 0 Å². The molecule has 1 amide bonds. The second kappa shape index (κ2) is 8.48. The van der Waals surface area contributed by atoms with E-state index in [1.807, 2.05) is 39.6 Å². The first-order valence-corrected chi connectivity index (χ1v) is 10.8. The maximum atomic E-state index is 12.0. The van der Waals surface area contributed by atoms with E-state index in [0.29, 0.717) is 23.2 Å². The normalized spacial score (nSPS) is 15.8. The van der Waals surface area contributed by atoms with E-state index in [9.17, 15) is 4.79 Å². The highest BCUT2D eigenvalue weighted by Crippen LogP contribution is 2.38. The monoisotopic (exact) mass is 444 g/mol. The van der Waals surface area contributed by atoms with Gasteiger partial charge < -0.3 is 14.0 Å². The Labute approximate surface area is 190 Å². The van der Waals surface area contributed by atoms with Gasteiger partial charge in [-0.15, -0.1) is 0 Å². The van der Waals surface area contributed by atoms with Crippen LogP contribution in [-0.4, -0.2) is 38.3 Å². The maximum absolute atomic E-state index is 12.0. The largest absolute Gasteiger partial charge is 0.439 e. The Kier molecular flexibility index (Phi) is 5.37. The first-order chi connectivity index (χ1) is 15.6. The van der Waals surface area contributed by atoms with E-state index in [4.69, 9.17) is 16.3 Å². The van der Waals surface area contributed by atoms with Gasteiger partial charge in [0.2, 0.25) is 11.8 Å². The summed E-state index contributed by atoms with van der Waals surface area (Å²) in [6.45, 7) is 5.01. The third-order valence-corrected chi connectivity index (χ3v) is 6.11. The Morgan fingerprint density at radius 2 is 2.09 bits per heavy atom. The minimum absolute atomic E-state index is 0.0237. The summed E-state index contributed by atoms with van der Waals surface area (Å²) in [6.07, 6.45) is 7.55. The number of rotatable bonds is 5. The molecule has 0 saturated carbocycles. The van der Waals surface area contributed by atoms with E-state index < -0.39 is 0 Å². The van der Waals surface area contributed by atoms with Crippen molar-refractivity contribution in [3.8, 4) is 22.9 Å². The summed E-state index contributed by atoms with van der Waals surface area (Å²) in [5.41, 5.74) is 4.08. The van der Waals surface area contributed by atoms with Crippen molar-refractivity contribution in [2.45, 2.75) is 12.3 Å². The smallest absolute Gasteiger partial charge is 0.245 e. The molecule has 7 heteroatoms. The van der Waals surface area contributed by atoms with E-state index in [1.54, 1.807) is 30.9 Å². The molecule has 1 atom stereocenters. The van der Waals surface area contributed by atoms with Crippen molar-refractivity contribution >= 4 is 23.0 Å². The molecule has 0 bridgehead atoms. The summed E-state index contributed by atoms with van der Waals surface area (Å²) in [5.74, 6) is 1.35. The number of hydrogen-bond donors (Lipinski definition) is 0. The van der Waals surface area contributed by atoms with E-state index in [1.165, 1.54) is 11.6 Å². The zero-order valence-electron chi connectivity index (χ0n) is 17.3. The first-order valence-electron chi connectivity index (χ1n) is 10.4. The van der Waals surface area contributed by atoms with Gasteiger partial charge in [0.15, 0.2) is 0 Å². The molecule has 4 aromatic rings. The number of ether oxygens (including phenoxy) is 1. The minimum atomic E-state index is -0.0237. The molecule has 0 radical (unpaired) electrons. The van der Waals surface area contributed by atoms with Crippen LogP contribution in [0.1, 0.15) is 17.9 Å². The van der Waals surface area contributed by atoms with E-state index in [2.05, 4.69) is 22.6 Å². The molecule has 3 aromatic heterocycles. The molecule has 1 unspecified atom stereocenters. The summed E-state index contributed by atoms with van der Waals surface area (Å²) >= 11 is 6.68. The zero-order chi connectivity index (χ0) is 22.1. The third kappa shape index (κ3) is 3.74. The lowest BCUT2D eigenvalue weighted by molar-refractivity contribution is -0.125. The average Bonchev–Trinajstić information content (AvgIpc) is 3.45. The van der Waals surface area contributed by atoms with Crippen LogP contribution >= 0.6 is 11.6 Å². The second-order valence-corrected chi connectivity index (χ2v) is 8.11. The number of aromatic nitrogens is 3. The fraction of sp³-hybridized carbons (Fsp3) is 0.160. The number of carbonyl (C=O) groups is 1. The van der Waals surface area contributed by atoms with Crippen LogP contribution in [0.15, 0.2) is 79.9 Å². The van der Waals surface area contributed by atoms with Crippen LogP contribution in [0, 0.1) is 0 Å². The maximum Gasteiger partial charge on any atom is 0.245 e. The van der Waals surface area contributed by atoms with Crippen molar-refractivity contribution in [1.82, 2.24) is 19.3 Å². The van der Waals surface area contributed by atoms with Gasteiger partial charge in [0.05, 0.1) is 22.6 Å². The summed E-state index contributed by atoms with van der Waals surface area (Å²) < 4.78 is 7.86. The Balaban J connectivity index is 1.50. The van der Waals surface area contributed by atoms with Crippen LogP contribution in [0.3, 0.4) is 0 Å². The lowest BCUT2D eigenvalue weighted by Gasteiger charge is -2.13. The molecule has 160 valence electrons. The standard InChI is InChI=1S/C25H21ClN4O2/c1-2-25(31)29-12-9-17(15-29)20-14-23(30-16-27-11-8-22(20)30)19-7-6-18(13-21(19)26)32-24-5-3-4-10-28-24/h2-8,10-11,13-14,16-17H,1,9,12,15H2. The average molecular weight is 445 g/mol. The molecule has 32 heavy (non-hydrogen) atoms. The van der Waals surface area contributed by atoms with Gasteiger partial charge in [-0.25, -0.2) is 9.97 Å². The van der Waals surface area contributed by atoms with Gasteiger partial charge in [0, 0.05) is 49.1 Å². The summed E-state index contributed by atoms with van der Waals surface area (Å²) in [7, 11) is 0. The number of hydrogen-bond acceptors (Lipinski definition) is 4. The molecule has 5 rings (SSSR count). The van der Waals surface area contributed by atoms with Crippen molar-refractivity contribution in [2.75, 3.05) is 13.1 Å². The van der Waals surface area contributed by atoms with Gasteiger partial charge in [-0.3, -0.25) is 4.79 Å². The van der Waals surface area contributed by atoms with Gasteiger partial charge in [-0.2, -0.15) is 0 Å². The van der Waals surface area contributed by atoms with Gasteiger partial charge in [0.25, 0.3) is 0 Å². The lowest BCUT2D eigenvalue weighted by atomic mass is 9.99. The number of likely N-dealkylation sites (tertiary alicyclic amines) is 1. The highest BCUT2D eigenvalue weighted by atomic mass is 35.5. The molecular formula is C25H21ClN4O2. The Morgan fingerprint density at radius 1 is 1.19 bits per heavy atom. The van der Waals surface area contributed by atoms with E-state index >= 15 is 0 Å².